The molecule has 0 amide bonds. The molecule has 2 rings (SSSR count). The van der Waals surface area contributed by atoms with Gasteiger partial charge in [0.2, 0.25) is 10.0 Å². The molecule has 1 aliphatic heterocycles. The summed E-state index contributed by atoms with van der Waals surface area (Å²) in [6.07, 6.45) is 1.70. The third-order valence-corrected chi connectivity index (χ3v) is 5.29. The molecule has 1 aromatic rings. The van der Waals surface area contributed by atoms with Crippen LogP contribution in [0.3, 0.4) is 0 Å². The van der Waals surface area contributed by atoms with E-state index in [0.29, 0.717) is 19.2 Å². The van der Waals surface area contributed by atoms with Gasteiger partial charge in [-0.25, -0.2) is 17.2 Å². The molecule has 0 spiro atoms. The first-order valence-corrected chi connectivity index (χ1v) is 7.98. The third-order valence-electron chi connectivity index (χ3n) is 3.45. The minimum atomic E-state index is -3.83. The van der Waals surface area contributed by atoms with Crippen LogP contribution in [0.25, 0.3) is 0 Å². The molecule has 1 aliphatic rings. The molecule has 1 saturated heterocycles. The Bertz CT molecular complexity index is 555. The number of rotatable bonds is 4. The number of halogens is 2. The summed E-state index contributed by atoms with van der Waals surface area (Å²) < 4.78 is 52.5. The van der Waals surface area contributed by atoms with Crippen molar-refractivity contribution in [3.63, 3.8) is 0 Å². The average molecular weight is 304 g/mol. The Labute approximate surface area is 117 Å². The van der Waals surface area contributed by atoms with E-state index in [9.17, 15) is 17.2 Å². The summed E-state index contributed by atoms with van der Waals surface area (Å²) in [7, 11) is -2.02. The SMILES string of the molecule is CNC[C@H]1CCCN(S(=O)(=O)c2cc(F)cc(F)c2)C1. The Morgan fingerprint density at radius 3 is 2.55 bits per heavy atom. The molecule has 0 bridgehead atoms. The molecule has 1 atom stereocenters. The van der Waals surface area contributed by atoms with E-state index in [1.54, 1.807) is 0 Å². The van der Waals surface area contributed by atoms with Crippen LogP contribution < -0.4 is 5.32 Å². The predicted octanol–water partition coefficient (Wildman–Crippen LogP) is 1.58. The number of piperidine rings is 1. The minimum absolute atomic E-state index is 0.224. The van der Waals surface area contributed by atoms with Crippen molar-refractivity contribution in [1.82, 2.24) is 9.62 Å². The average Bonchev–Trinajstić information content (AvgIpc) is 2.38. The quantitative estimate of drug-likeness (QED) is 0.919. The molecule has 1 aromatic carbocycles. The van der Waals surface area contributed by atoms with Crippen LogP contribution in [0, 0.1) is 17.6 Å². The maximum atomic E-state index is 13.2. The molecule has 0 unspecified atom stereocenters. The molecule has 0 saturated carbocycles. The van der Waals surface area contributed by atoms with Crippen molar-refractivity contribution in [2.45, 2.75) is 17.7 Å². The van der Waals surface area contributed by atoms with Gasteiger partial charge in [0.15, 0.2) is 0 Å². The second kappa shape index (κ2) is 6.15. The van der Waals surface area contributed by atoms with Crippen molar-refractivity contribution < 1.29 is 17.2 Å². The minimum Gasteiger partial charge on any atom is -0.319 e. The maximum Gasteiger partial charge on any atom is 0.243 e. The number of hydrogen-bond acceptors (Lipinski definition) is 3. The lowest BCUT2D eigenvalue weighted by Crippen LogP contribution is -2.42. The number of nitrogens with zero attached hydrogens (tertiary/aromatic N) is 1. The number of benzene rings is 1. The van der Waals surface area contributed by atoms with Crippen molar-refractivity contribution in [3.8, 4) is 0 Å². The second-order valence-electron chi connectivity index (χ2n) is 5.03. The monoisotopic (exact) mass is 304 g/mol. The first kappa shape index (κ1) is 15.3. The van der Waals surface area contributed by atoms with Crippen LogP contribution >= 0.6 is 0 Å². The van der Waals surface area contributed by atoms with E-state index in [-0.39, 0.29) is 10.8 Å². The van der Waals surface area contributed by atoms with Crippen molar-refractivity contribution in [3.05, 3.63) is 29.8 Å². The molecule has 0 aliphatic carbocycles. The summed E-state index contributed by atoms with van der Waals surface area (Å²) in [5.41, 5.74) is 0. The van der Waals surface area contributed by atoms with Gasteiger partial charge in [0.25, 0.3) is 0 Å². The van der Waals surface area contributed by atoms with Gasteiger partial charge >= 0.3 is 0 Å². The molecular weight excluding hydrogens is 286 g/mol. The van der Waals surface area contributed by atoms with Crippen LogP contribution in [0.15, 0.2) is 23.1 Å². The zero-order valence-electron chi connectivity index (χ0n) is 11.3. The molecular formula is C13H18F2N2O2S. The Balaban J connectivity index is 2.25. The van der Waals surface area contributed by atoms with Crippen LogP contribution in [0.2, 0.25) is 0 Å². The van der Waals surface area contributed by atoms with E-state index in [2.05, 4.69) is 5.32 Å². The highest BCUT2D eigenvalue weighted by atomic mass is 32.2. The lowest BCUT2D eigenvalue weighted by atomic mass is 10.00. The van der Waals surface area contributed by atoms with E-state index >= 15 is 0 Å². The lowest BCUT2D eigenvalue weighted by molar-refractivity contribution is 0.263. The van der Waals surface area contributed by atoms with Crippen molar-refractivity contribution in [2.75, 3.05) is 26.7 Å². The van der Waals surface area contributed by atoms with E-state index in [0.717, 1.165) is 31.5 Å². The molecule has 1 N–H and O–H groups in total. The molecule has 0 aromatic heterocycles. The highest BCUT2D eigenvalue weighted by Gasteiger charge is 2.30. The largest absolute Gasteiger partial charge is 0.319 e. The van der Waals surface area contributed by atoms with Gasteiger partial charge in [-0.2, -0.15) is 4.31 Å². The fourth-order valence-corrected chi connectivity index (χ4v) is 4.12. The van der Waals surface area contributed by atoms with E-state index in [4.69, 9.17) is 0 Å². The van der Waals surface area contributed by atoms with E-state index in [1.165, 1.54) is 4.31 Å². The molecule has 1 fully saturated rings. The first-order valence-electron chi connectivity index (χ1n) is 6.54. The van der Waals surface area contributed by atoms with Crippen LogP contribution in [0.5, 0.6) is 0 Å². The maximum absolute atomic E-state index is 13.2. The third kappa shape index (κ3) is 3.34. The van der Waals surface area contributed by atoms with E-state index in [1.807, 2.05) is 7.05 Å². The van der Waals surface area contributed by atoms with Crippen LogP contribution in [-0.2, 0) is 10.0 Å². The van der Waals surface area contributed by atoms with Crippen molar-refractivity contribution in [1.29, 1.82) is 0 Å². The first-order chi connectivity index (χ1) is 9.43. The van der Waals surface area contributed by atoms with Gasteiger partial charge in [0.1, 0.15) is 11.6 Å². The molecule has 0 radical (unpaired) electrons. The van der Waals surface area contributed by atoms with Crippen LogP contribution in [-0.4, -0.2) is 39.4 Å². The fourth-order valence-electron chi connectivity index (χ4n) is 2.53. The second-order valence-corrected chi connectivity index (χ2v) is 6.97. The molecule has 4 nitrogen and oxygen atoms in total. The Morgan fingerprint density at radius 1 is 1.30 bits per heavy atom. The van der Waals surface area contributed by atoms with Crippen LogP contribution in [0.1, 0.15) is 12.8 Å². The highest BCUT2D eigenvalue weighted by Crippen LogP contribution is 2.24. The number of sulfonamides is 1. The predicted molar refractivity (Wildman–Crippen MR) is 71.8 cm³/mol. The van der Waals surface area contributed by atoms with Crippen molar-refractivity contribution in [2.24, 2.45) is 5.92 Å². The summed E-state index contributed by atoms with van der Waals surface area (Å²) in [5.74, 6) is -1.54. The molecule has 112 valence electrons. The highest BCUT2D eigenvalue weighted by molar-refractivity contribution is 7.89. The number of hydrogen-bond donors (Lipinski definition) is 1. The zero-order chi connectivity index (χ0) is 14.8. The summed E-state index contributed by atoms with van der Waals surface area (Å²) in [5, 5.41) is 3.03. The Hall–Kier alpha value is -1.05. The van der Waals surface area contributed by atoms with Crippen molar-refractivity contribution >= 4 is 10.0 Å². The standard InChI is InChI=1S/C13H18F2N2O2S/c1-16-8-10-3-2-4-17(9-10)20(18,19)13-6-11(14)5-12(15)7-13/h5-7,10,16H,2-4,8-9H2,1H3/t10-/m1/s1. The normalized spacial score (nSPS) is 21.1. The zero-order valence-corrected chi connectivity index (χ0v) is 12.1. The van der Waals surface area contributed by atoms with Gasteiger partial charge in [-0.05, 0) is 44.5 Å². The Morgan fingerprint density at radius 2 is 1.95 bits per heavy atom. The van der Waals surface area contributed by atoms with Crippen LogP contribution in [0.4, 0.5) is 8.78 Å². The topological polar surface area (TPSA) is 49.4 Å². The van der Waals surface area contributed by atoms with Gasteiger partial charge in [-0.3, -0.25) is 0 Å². The summed E-state index contributed by atoms with van der Waals surface area (Å²) in [4.78, 5) is -0.319. The Kier molecular flexibility index (Phi) is 4.72. The lowest BCUT2D eigenvalue weighted by Gasteiger charge is -2.31. The summed E-state index contributed by atoms with van der Waals surface area (Å²) >= 11 is 0. The van der Waals surface area contributed by atoms with Gasteiger partial charge in [0.05, 0.1) is 4.90 Å². The molecule has 1 heterocycles. The summed E-state index contributed by atoms with van der Waals surface area (Å²) in [6, 6.07) is 2.39. The van der Waals surface area contributed by atoms with Gasteiger partial charge in [-0.1, -0.05) is 0 Å². The molecule has 7 heteroatoms. The summed E-state index contributed by atoms with van der Waals surface area (Å²) in [6.45, 7) is 1.49. The smallest absolute Gasteiger partial charge is 0.243 e. The van der Waals surface area contributed by atoms with Gasteiger partial charge in [-0.15, -0.1) is 0 Å². The molecule has 20 heavy (non-hydrogen) atoms. The van der Waals surface area contributed by atoms with Gasteiger partial charge < -0.3 is 5.32 Å². The van der Waals surface area contributed by atoms with Gasteiger partial charge in [0, 0.05) is 19.2 Å². The fraction of sp³-hybridized carbons (Fsp3) is 0.538. The van der Waals surface area contributed by atoms with E-state index < -0.39 is 21.7 Å². The number of nitrogens with one attached hydrogen (secondary N) is 1.